The van der Waals surface area contributed by atoms with Crippen molar-refractivity contribution in [3.8, 4) is 0 Å². The van der Waals surface area contributed by atoms with Gasteiger partial charge in [0.15, 0.2) is 6.61 Å². The Hall–Kier alpha value is -2.90. The van der Waals surface area contributed by atoms with Crippen LogP contribution in [0.3, 0.4) is 0 Å². The van der Waals surface area contributed by atoms with E-state index in [1.165, 1.54) is 37.7 Å². The quantitative estimate of drug-likeness (QED) is 0.555. The van der Waals surface area contributed by atoms with Crippen LogP contribution < -0.4 is 10.7 Å². The van der Waals surface area contributed by atoms with Crippen molar-refractivity contribution in [2.75, 3.05) is 6.61 Å². The molecule has 1 heterocycles. The molecule has 0 aromatic heterocycles. The number of esters is 1. The highest BCUT2D eigenvalue weighted by Gasteiger charge is 2.52. The van der Waals surface area contributed by atoms with Crippen molar-refractivity contribution < 1.29 is 23.9 Å². The first-order valence-electron chi connectivity index (χ1n) is 11.2. The van der Waals surface area contributed by atoms with Crippen LogP contribution in [0.5, 0.6) is 0 Å². The fourth-order valence-electron chi connectivity index (χ4n) is 4.91. The molecular formula is C23H29N3O5. The average Bonchev–Trinajstić information content (AvgIpc) is 3.02. The molecule has 2 aliphatic carbocycles. The number of hydrogen-bond donors (Lipinski definition) is 2. The van der Waals surface area contributed by atoms with Gasteiger partial charge in [-0.3, -0.25) is 15.0 Å². The summed E-state index contributed by atoms with van der Waals surface area (Å²) in [5.74, 6) is -1.26. The maximum atomic E-state index is 12.7. The van der Waals surface area contributed by atoms with Gasteiger partial charge in [0, 0.05) is 0 Å². The molecular weight excluding hydrogens is 398 g/mol. The minimum Gasteiger partial charge on any atom is -0.452 e. The first kappa shape index (κ1) is 21.3. The molecule has 0 radical (unpaired) electrons. The highest BCUT2D eigenvalue weighted by Crippen LogP contribution is 2.33. The lowest BCUT2D eigenvalue weighted by atomic mass is 9.82. The molecule has 1 aromatic rings. The molecule has 0 unspecified atom stereocenters. The number of imide groups is 1. The maximum absolute atomic E-state index is 12.7. The van der Waals surface area contributed by atoms with E-state index in [1.807, 2.05) is 12.1 Å². The van der Waals surface area contributed by atoms with Crippen molar-refractivity contribution in [2.45, 2.75) is 75.7 Å². The second-order valence-electron chi connectivity index (χ2n) is 8.78. The fraction of sp³-hybridized carbons (Fsp3) is 0.565. The number of amides is 4. The average molecular weight is 428 g/mol. The minimum absolute atomic E-state index is 0.364. The standard InChI is InChI=1S/C23H29N3O5/c27-19(25-26-21(29)23(24-22(26)30)13-5-2-6-14-23)15-31-20(28)18-11-9-17(10-12-18)16-7-3-1-4-8-16/h9-12,16H,1-8,13-15H2,(H,24,30)(H,25,27). The second-order valence-corrected chi connectivity index (χ2v) is 8.78. The lowest BCUT2D eigenvalue weighted by Gasteiger charge is -2.30. The van der Waals surface area contributed by atoms with E-state index in [4.69, 9.17) is 4.74 Å². The number of nitrogens with one attached hydrogen (secondary N) is 2. The minimum atomic E-state index is -0.917. The molecule has 4 amide bonds. The van der Waals surface area contributed by atoms with Crippen LogP contribution in [0.4, 0.5) is 4.79 Å². The van der Waals surface area contributed by atoms with Crippen LogP contribution in [0.25, 0.3) is 0 Å². The molecule has 166 valence electrons. The van der Waals surface area contributed by atoms with E-state index >= 15 is 0 Å². The summed E-state index contributed by atoms with van der Waals surface area (Å²) < 4.78 is 5.07. The third kappa shape index (κ3) is 4.57. The SMILES string of the molecule is O=C(COC(=O)c1ccc(C2CCCCC2)cc1)NN1C(=O)NC2(CCCCC2)C1=O. The normalized spacial score (nSPS) is 21.1. The molecule has 4 rings (SSSR count). The number of nitrogens with zero attached hydrogens (tertiary/aromatic N) is 1. The number of rotatable bonds is 5. The Morgan fingerprint density at radius 2 is 1.65 bits per heavy atom. The van der Waals surface area contributed by atoms with Gasteiger partial charge in [-0.25, -0.2) is 9.59 Å². The Morgan fingerprint density at radius 1 is 1.00 bits per heavy atom. The number of benzene rings is 1. The van der Waals surface area contributed by atoms with Crippen LogP contribution in [0.15, 0.2) is 24.3 Å². The summed E-state index contributed by atoms with van der Waals surface area (Å²) in [5.41, 5.74) is 2.94. The van der Waals surface area contributed by atoms with Crippen molar-refractivity contribution in [2.24, 2.45) is 0 Å². The topological polar surface area (TPSA) is 105 Å². The fourth-order valence-corrected chi connectivity index (χ4v) is 4.91. The van der Waals surface area contributed by atoms with Crippen LogP contribution in [0, 0.1) is 0 Å². The molecule has 1 saturated heterocycles. The summed E-state index contributed by atoms with van der Waals surface area (Å²) in [5, 5.41) is 3.42. The summed E-state index contributed by atoms with van der Waals surface area (Å²) in [4.78, 5) is 49.3. The van der Waals surface area contributed by atoms with Crippen molar-refractivity contribution in [1.29, 1.82) is 0 Å². The van der Waals surface area contributed by atoms with E-state index in [1.54, 1.807) is 12.1 Å². The molecule has 31 heavy (non-hydrogen) atoms. The highest BCUT2D eigenvalue weighted by atomic mass is 16.5. The zero-order chi connectivity index (χ0) is 21.8. The van der Waals surface area contributed by atoms with Gasteiger partial charge in [-0.1, -0.05) is 50.7 Å². The predicted molar refractivity (Wildman–Crippen MR) is 112 cm³/mol. The molecule has 0 atom stereocenters. The monoisotopic (exact) mass is 427 g/mol. The van der Waals surface area contributed by atoms with Gasteiger partial charge in [0.25, 0.3) is 11.8 Å². The number of carbonyl (C=O) groups is 4. The van der Waals surface area contributed by atoms with Gasteiger partial charge < -0.3 is 10.1 Å². The molecule has 2 N–H and O–H groups in total. The highest BCUT2D eigenvalue weighted by molar-refractivity contribution is 6.08. The van der Waals surface area contributed by atoms with E-state index in [0.717, 1.165) is 19.3 Å². The number of carbonyl (C=O) groups excluding carboxylic acids is 4. The molecule has 1 aromatic carbocycles. The Kier molecular flexibility index (Phi) is 6.25. The Bertz CT molecular complexity index is 854. The Balaban J connectivity index is 1.28. The van der Waals surface area contributed by atoms with E-state index < -0.39 is 36.0 Å². The van der Waals surface area contributed by atoms with Gasteiger partial charge >= 0.3 is 12.0 Å². The summed E-state index contributed by atoms with van der Waals surface area (Å²) in [6.45, 7) is -0.576. The van der Waals surface area contributed by atoms with Gasteiger partial charge in [0.1, 0.15) is 5.54 Å². The summed E-state index contributed by atoms with van der Waals surface area (Å²) >= 11 is 0. The number of hydrogen-bond acceptors (Lipinski definition) is 5. The number of hydrazine groups is 1. The van der Waals surface area contributed by atoms with Gasteiger partial charge in [-0.2, -0.15) is 5.01 Å². The first-order valence-corrected chi connectivity index (χ1v) is 11.2. The zero-order valence-electron chi connectivity index (χ0n) is 17.7. The van der Waals surface area contributed by atoms with Crippen molar-refractivity contribution >= 4 is 23.8 Å². The van der Waals surface area contributed by atoms with E-state index in [0.29, 0.717) is 29.3 Å². The molecule has 8 heteroatoms. The predicted octanol–water partition coefficient (Wildman–Crippen LogP) is 3.18. The van der Waals surface area contributed by atoms with E-state index in [-0.39, 0.29) is 0 Å². The maximum Gasteiger partial charge on any atom is 0.344 e. The van der Waals surface area contributed by atoms with Crippen LogP contribution in [0.2, 0.25) is 0 Å². The van der Waals surface area contributed by atoms with Crippen LogP contribution in [-0.2, 0) is 14.3 Å². The van der Waals surface area contributed by atoms with Gasteiger partial charge in [0.05, 0.1) is 5.56 Å². The molecule has 3 fully saturated rings. The van der Waals surface area contributed by atoms with E-state index in [9.17, 15) is 19.2 Å². The summed E-state index contributed by atoms with van der Waals surface area (Å²) in [6, 6.07) is 6.68. The summed E-state index contributed by atoms with van der Waals surface area (Å²) in [6.07, 6.45) is 9.97. The molecule has 3 aliphatic rings. The largest absolute Gasteiger partial charge is 0.452 e. The van der Waals surface area contributed by atoms with Gasteiger partial charge in [0.2, 0.25) is 0 Å². The second kappa shape index (κ2) is 9.08. The zero-order valence-corrected chi connectivity index (χ0v) is 17.7. The third-order valence-electron chi connectivity index (χ3n) is 6.66. The smallest absolute Gasteiger partial charge is 0.344 e. The molecule has 2 saturated carbocycles. The molecule has 1 aliphatic heterocycles. The van der Waals surface area contributed by atoms with Crippen molar-refractivity contribution in [3.63, 3.8) is 0 Å². The van der Waals surface area contributed by atoms with Crippen LogP contribution in [0.1, 0.15) is 86.0 Å². The molecule has 8 nitrogen and oxygen atoms in total. The Morgan fingerprint density at radius 3 is 2.32 bits per heavy atom. The number of urea groups is 1. The molecule has 0 bridgehead atoms. The van der Waals surface area contributed by atoms with Gasteiger partial charge in [-0.05, 0) is 49.3 Å². The third-order valence-corrected chi connectivity index (χ3v) is 6.66. The first-order chi connectivity index (χ1) is 15.0. The lowest BCUT2D eigenvalue weighted by Crippen LogP contribution is -2.51. The van der Waals surface area contributed by atoms with E-state index in [2.05, 4.69) is 10.7 Å². The molecule has 1 spiro atoms. The van der Waals surface area contributed by atoms with Crippen LogP contribution in [-0.4, -0.2) is 41.0 Å². The Labute approximate surface area is 181 Å². The van der Waals surface area contributed by atoms with Crippen molar-refractivity contribution in [1.82, 2.24) is 15.8 Å². The van der Waals surface area contributed by atoms with Crippen LogP contribution >= 0.6 is 0 Å². The number of ether oxygens (including phenoxy) is 1. The van der Waals surface area contributed by atoms with Gasteiger partial charge in [-0.15, -0.1) is 0 Å². The van der Waals surface area contributed by atoms with Crippen molar-refractivity contribution in [3.05, 3.63) is 35.4 Å². The summed E-state index contributed by atoms with van der Waals surface area (Å²) in [7, 11) is 0. The lowest BCUT2D eigenvalue weighted by molar-refractivity contribution is -0.140.